The first-order valence-electron chi connectivity index (χ1n) is 7.16. The van der Waals surface area contributed by atoms with Gasteiger partial charge in [-0.25, -0.2) is 0 Å². The maximum Gasteiger partial charge on any atom is 0.0233 e. The third-order valence-corrected chi connectivity index (χ3v) is 3.05. The molecule has 18 heavy (non-hydrogen) atoms. The summed E-state index contributed by atoms with van der Waals surface area (Å²) in [5, 5.41) is 3.38. The second kappa shape index (κ2) is 8.28. The van der Waals surface area contributed by atoms with Gasteiger partial charge in [-0.2, -0.15) is 0 Å². The van der Waals surface area contributed by atoms with Crippen molar-refractivity contribution >= 4 is 0 Å². The predicted octanol–water partition coefficient (Wildman–Crippen LogP) is 3.27. The predicted molar refractivity (Wildman–Crippen MR) is 79.6 cm³/mol. The molecule has 0 radical (unpaired) electrons. The Kier molecular flexibility index (Phi) is 6.99. The van der Waals surface area contributed by atoms with Gasteiger partial charge in [0.25, 0.3) is 0 Å². The molecule has 2 nitrogen and oxygen atoms in total. The Morgan fingerprint density at radius 2 is 1.89 bits per heavy atom. The number of benzene rings is 1. The van der Waals surface area contributed by atoms with Crippen molar-refractivity contribution in [1.29, 1.82) is 0 Å². The first-order valence-corrected chi connectivity index (χ1v) is 7.16. The number of hydrogen-bond donors (Lipinski definition) is 1. The van der Waals surface area contributed by atoms with Gasteiger partial charge in [0.2, 0.25) is 0 Å². The fourth-order valence-electron chi connectivity index (χ4n) is 2.19. The van der Waals surface area contributed by atoms with Gasteiger partial charge in [-0.05, 0) is 30.1 Å². The molecular formula is C16H28N2. The molecule has 0 unspecified atom stereocenters. The van der Waals surface area contributed by atoms with Crippen molar-refractivity contribution in [3.8, 4) is 0 Å². The third-order valence-electron chi connectivity index (χ3n) is 3.05. The molecule has 0 atom stereocenters. The molecule has 0 fully saturated rings. The van der Waals surface area contributed by atoms with E-state index < -0.39 is 0 Å². The molecule has 1 rings (SSSR count). The van der Waals surface area contributed by atoms with Gasteiger partial charge in [0.1, 0.15) is 0 Å². The van der Waals surface area contributed by atoms with Crippen molar-refractivity contribution in [3.63, 3.8) is 0 Å². The molecular weight excluding hydrogens is 220 g/mol. The van der Waals surface area contributed by atoms with Crippen LogP contribution in [0.2, 0.25) is 0 Å². The summed E-state index contributed by atoms with van der Waals surface area (Å²) >= 11 is 0. The van der Waals surface area contributed by atoms with Crippen LogP contribution in [0.15, 0.2) is 24.3 Å². The number of rotatable bonds is 8. The van der Waals surface area contributed by atoms with Crippen molar-refractivity contribution < 1.29 is 0 Å². The van der Waals surface area contributed by atoms with Crippen molar-refractivity contribution in [2.45, 2.75) is 40.8 Å². The quantitative estimate of drug-likeness (QED) is 0.759. The summed E-state index contributed by atoms with van der Waals surface area (Å²) < 4.78 is 0. The highest BCUT2D eigenvalue weighted by Gasteiger charge is 2.06. The van der Waals surface area contributed by atoms with Gasteiger partial charge in [-0.15, -0.1) is 0 Å². The van der Waals surface area contributed by atoms with Crippen LogP contribution in [0.1, 0.15) is 38.8 Å². The second-order valence-corrected chi connectivity index (χ2v) is 5.32. The largest absolute Gasteiger partial charge is 0.313 e. The Hall–Kier alpha value is -0.860. The highest BCUT2D eigenvalue weighted by Crippen LogP contribution is 2.10. The van der Waals surface area contributed by atoms with Crippen LogP contribution >= 0.6 is 0 Å². The SMILES string of the molecule is CCNCc1cccc(CN(CC)CC(C)C)c1. The molecule has 0 bridgehead atoms. The monoisotopic (exact) mass is 248 g/mol. The fourth-order valence-corrected chi connectivity index (χ4v) is 2.19. The molecule has 0 saturated carbocycles. The highest BCUT2D eigenvalue weighted by atomic mass is 15.1. The number of nitrogens with zero attached hydrogens (tertiary/aromatic N) is 1. The molecule has 0 aliphatic heterocycles. The van der Waals surface area contributed by atoms with Crippen LogP contribution in [0.25, 0.3) is 0 Å². The summed E-state index contributed by atoms with van der Waals surface area (Å²) in [4.78, 5) is 2.51. The lowest BCUT2D eigenvalue weighted by atomic mass is 10.1. The van der Waals surface area contributed by atoms with Crippen molar-refractivity contribution in [2.75, 3.05) is 19.6 Å². The molecule has 1 N–H and O–H groups in total. The minimum absolute atomic E-state index is 0.731. The van der Waals surface area contributed by atoms with Crippen molar-refractivity contribution in [2.24, 2.45) is 5.92 Å². The lowest BCUT2D eigenvalue weighted by Crippen LogP contribution is -2.27. The zero-order valence-electron chi connectivity index (χ0n) is 12.4. The third kappa shape index (κ3) is 5.65. The van der Waals surface area contributed by atoms with Crippen LogP contribution in [0.4, 0.5) is 0 Å². The van der Waals surface area contributed by atoms with E-state index in [0.29, 0.717) is 0 Å². The maximum absolute atomic E-state index is 3.38. The van der Waals surface area contributed by atoms with Crippen LogP contribution in [-0.4, -0.2) is 24.5 Å². The Bertz CT molecular complexity index is 334. The molecule has 0 aliphatic rings. The standard InChI is InChI=1S/C16H28N2/c1-5-17-11-15-8-7-9-16(10-15)13-18(6-2)12-14(3)4/h7-10,14,17H,5-6,11-13H2,1-4H3. The van der Waals surface area contributed by atoms with E-state index in [1.165, 1.54) is 17.7 Å². The molecule has 0 aromatic heterocycles. The van der Waals surface area contributed by atoms with Gasteiger partial charge in [0.05, 0.1) is 0 Å². The van der Waals surface area contributed by atoms with E-state index >= 15 is 0 Å². The Morgan fingerprint density at radius 1 is 1.17 bits per heavy atom. The normalized spacial score (nSPS) is 11.4. The molecule has 0 amide bonds. The average Bonchev–Trinajstić information content (AvgIpc) is 2.35. The van der Waals surface area contributed by atoms with E-state index in [4.69, 9.17) is 0 Å². The molecule has 0 saturated heterocycles. The van der Waals surface area contributed by atoms with E-state index in [9.17, 15) is 0 Å². The van der Waals surface area contributed by atoms with Crippen molar-refractivity contribution in [3.05, 3.63) is 35.4 Å². The molecule has 0 spiro atoms. The smallest absolute Gasteiger partial charge is 0.0233 e. The first kappa shape index (κ1) is 15.2. The average molecular weight is 248 g/mol. The molecule has 102 valence electrons. The van der Waals surface area contributed by atoms with Gasteiger partial charge in [0, 0.05) is 19.6 Å². The van der Waals surface area contributed by atoms with E-state index in [0.717, 1.165) is 32.1 Å². The molecule has 1 aromatic rings. The zero-order chi connectivity index (χ0) is 13.4. The molecule has 1 aromatic carbocycles. The maximum atomic E-state index is 3.38. The summed E-state index contributed by atoms with van der Waals surface area (Å²) in [6, 6.07) is 8.93. The summed E-state index contributed by atoms with van der Waals surface area (Å²) in [6.45, 7) is 14.3. The Balaban J connectivity index is 2.59. The molecule has 0 aliphatic carbocycles. The van der Waals surface area contributed by atoms with Gasteiger partial charge in [0.15, 0.2) is 0 Å². The van der Waals surface area contributed by atoms with Gasteiger partial charge in [-0.1, -0.05) is 52.0 Å². The van der Waals surface area contributed by atoms with E-state index in [-0.39, 0.29) is 0 Å². The van der Waals surface area contributed by atoms with Crippen LogP contribution in [0.5, 0.6) is 0 Å². The van der Waals surface area contributed by atoms with Gasteiger partial charge < -0.3 is 5.32 Å². The van der Waals surface area contributed by atoms with Crippen LogP contribution in [0, 0.1) is 5.92 Å². The minimum atomic E-state index is 0.731. The lowest BCUT2D eigenvalue weighted by molar-refractivity contribution is 0.248. The summed E-state index contributed by atoms with van der Waals surface area (Å²) in [7, 11) is 0. The Morgan fingerprint density at radius 3 is 2.50 bits per heavy atom. The summed E-state index contributed by atoms with van der Waals surface area (Å²) in [6.07, 6.45) is 0. The van der Waals surface area contributed by atoms with Gasteiger partial charge in [-0.3, -0.25) is 4.90 Å². The summed E-state index contributed by atoms with van der Waals surface area (Å²) in [5.41, 5.74) is 2.81. The van der Waals surface area contributed by atoms with Gasteiger partial charge >= 0.3 is 0 Å². The first-order chi connectivity index (χ1) is 8.65. The van der Waals surface area contributed by atoms with Crippen LogP contribution < -0.4 is 5.32 Å². The molecule has 2 heteroatoms. The van der Waals surface area contributed by atoms with Crippen molar-refractivity contribution in [1.82, 2.24) is 10.2 Å². The van der Waals surface area contributed by atoms with E-state index in [1.807, 2.05) is 0 Å². The van der Waals surface area contributed by atoms with Crippen LogP contribution in [-0.2, 0) is 13.1 Å². The lowest BCUT2D eigenvalue weighted by Gasteiger charge is -2.22. The zero-order valence-corrected chi connectivity index (χ0v) is 12.4. The van der Waals surface area contributed by atoms with E-state index in [1.54, 1.807) is 0 Å². The molecule has 0 heterocycles. The second-order valence-electron chi connectivity index (χ2n) is 5.32. The summed E-state index contributed by atoms with van der Waals surface area (Å²) in [5.74, 6) is 0.731. The van der Waals surface area contributed by atoms with Crippen LogP contribution in [0.3, 0.4) is 0 Å². The topological polar surface area (TPSA) is 15.3 Å². The minimum Gasteiger partial charge on any atom is -0.313 e. The van der Waals surface area contributed by atoms with E-state index in [2.05, 4.69) is 62.2 Å². The highest BCUT2D eigenvalue weighted by molar-refractivity contribution is 5.23. The fraction of sp³-hybridized carbons (Fsp3) is 0.625. The number of hydrogen-bond acceptors (Lipinski definition) is 2. The number of nitrogens with one attached hydrogen (secondary N) is 1. The Labute approximate surface area is 112 Å².